The average molecular weight is 204 g/mol. The standard InChI is InChI=1S/C9H14F2N2O/c1-13(7-9(10,11)6-12)5-8-3-2-4-14-8/h2-4H,5-7,12H2,1H3. The fourth-order valence-corrected chi connectivity index (χ4v) is 1.18. The van der Waals surface area contributed by atoms with Gasteiger partial charge in [-0.25, -0.2) is 8.78 Å². The first kappa shape index (κ1) is 11.1. The Kier molecular flexibility index (Phi) is 3.60. The Balaban J connectivity index is 2.40. The summed E-state index contributed by atoms with van der Waals surface area (Å²) in [5.74, 6) is -2.17. The zero-order valence-electron chi connectivity index (χ0n) is 8.04. The summed E-state index contributed by atoms with van der Waals surface area (Å²) in [6.07, 6.45) is 1.52. The van der Waals surface area contributed by atoms with Crippen molar-refractivity contribution in [3.05, 3.63) is 24.2 Å². The molecule has 0 unspecified atom stereocenters. The molecule has 5 heteroatoms. The van der Waals surface area contributed by atoms with Crippen LogP contribution in [0.25, 0.3) is 0 Å². The monoisotopic (exact) mass is 204 g/mol. The molecular weight excluding hydrogens is 190 g/mol. The highest BCUT2D eigenvalue weighted by molar-refractivity contribution is 4.97. The maximum absolute atomic E-state index is 12.8. The minimum absolute atomic E-state index is 0.357. The van der Waals surface area contributed by atoms with Crippen LogP contribution in [0.15, 0.2) is 22.8 Å². The number of furan rings is 1. The van der Waals surface area contributed by atoms with Crippen molar-refractivity contribution in [3.63, 3.8) is 0 Å². The van der Waals surface area contributed by atoms with Gasteiger partial charge in [0.05, 0.1) is 25.9 Å². The molecule has 3 nitrogen and oxygen atoms in total. The molecule has 1 heterocycles. The Bertz CT molecular complexity index is 262. The molecule has 1 rings (SSSR count). The lowest BCUT2D eigenvalue weighted by molar-refractivity contribution is -0.0202. The minimum Gasteiger partial charge on any atom is -0.468 e. The maximum atomic E-state index is 12.8. The molecule has 0 atom stereocenters. The highest BCUT2D eigenvalue weighted by Crippen LogP contribution is 2.14. The molecule has 0 spiro atoms. The van der Waals surface area contributed by atoms with Gasteiger partial charge in [-0.15, -0.1) is 0 Å². The first-order chi connectivity index (χ1) is 6.53. The molecule has 0 aliphatic carbocycles. The second-order valence-electron chi connectivity index (χ2n) is 3.31. The Morgan fingerprint density at radius 2 is 2.29 bits per heavy atom. The van der Waals surface area contributed by atoms with Crippen LogP contribution in [0.2, 0.25) is 0 Å². The van der Waals surface area contributed by atoms with Crippen molar-refractivity contribution in [1.82, 2.24) is 4.90 Å². The molecular formula is C9H14F2N2O. The van der Waals surface area contributed by atoms with Crippen LogP contribution in [0.3, 0.4) is 0 Å². The molecule has 0 fully saturated rings. The van der Waals surface area contributed by atoms with Gasteiger partial charge in [-0.3, -0.25) is 4.90 Å². The van der Waals surface area contributed by atoms with E-state index >= 15 is 0 Å². The normalized spacial score (nSPS) is 12.4. The first-order valence-corrected chi connectivity index (χ1v) is 4.32. The van der Waals surface area contributed by atoms with E-state index in [-0.39, 0.29) is 6.54 Å². The minimum atomic E-state index is -2.83. The van der Waals surface area contributed by atoms with Gasteiger partial charge in [0.25, 0.3) is 5.92 Å². The summed E-state index contributed by atoms with van der Waals surface area (Å²) in [6, 6.07) is 3.47. The van der Waals surface area contributed by atoms with Crippen LogP contribution >= 0.6 is 0 Å². The van der Waals surface area contributed by atoms with Gasteiger partial charge in [-0.2, -0.15) is 0 Å². The Morgan fingerprint density at radius 1 is 1.57 bits per heavy atom. The topological polar surface area (TPSA) is 42.4 Å². The summed E-state index contributed by atoms with van der Waals surface area (Å²) < 4.78 is 30.7. The SMILES string of the molecule is CN(Cc1ccco1)CC(F)(F)CN. The van der Waals surface area contributed by atoms with Crippen LogP contribution in [-0.2, 0) is 6.54 Å². The molecule has 0 aromatic carbocycles. The van der Waals surface area contributed by atoms with E-state index in [2.05, 4.69) is 0 Å². The molecule has 2 N–H and O–H groups in total. The van der Waals surface area contributed by atoms with E-state index in [0.29, 0.717) is 12.3 Å². The van der Waals surface area contributed by atoms with Crippen molar-refractivity contribution in [2.24, 2.45) is 5.73 Å². The van der Waals surface area contributed by atoms with E-state index < -0.39 is 12.5 Å². The number of nitrogens with zero attached hydrogens (tertiary/aromatic N) is 1. The second-order valence-corrected chi connectivity index (χ2v) is 3.31. The van der Waals surface area contributed by atoms with Gasteiger partial charge in [-0.1, -0.05) is 0 Å². The molecule has 0 amide bonds. The molecule has 0 aliphatic heterocycles. The summed E-state index contributed by atoms with van der Waals surface area (Å²) >= 11 is 0. The smallest absolute Gasteiger partial charge is 0.272 e. The third-order valence-electron chi connectivity index (χ3n) is 1.81. The third kappa shape index (κ3) is 3.43. The lowest BCUT2D eigenvalue weighted by Gasteiger charge is -2.21. The Morgan fingerprint density at radius 3 is 2.79 bits per heavy atom. The van der Waals surface area contributed by atoms with Crippen molar-refractivity contribution in [2.75, 3.05) is 20.1 Å². The summed E-state index contributed by atoms with van der Waals surface area (Å²) in [7, 11) is 1.60. The van der Waals surface area contributed by atoms with Gasteiger partial charge >= 0.3 is 0 Å². The molecule has 1 aromatic rings. The molecule has 0 bridgehead atoms. The number of alkyl halides is 2. The van der Waals surface area contributed by atoms with Gasteiger partial charge in [0.2, 0.25) is 0 Å². The number of hydrogen-bond donors (Lipinski definition) is 1. The number of nitrogens with two attached hydrogens (primary N) is 1. The molecule has 1 aromatic heterocycles. The zero-order valence-corrected chi connectivity index (χ0v) is 8.04. The van der Waals surface area contributed by atoms with E-state index in [1.807, 2.05) is 0 Å². The van der Waals surface area contributed by atoms with Crippen LogP contribution in [-0.4, -0.2) is 31.0 Å². The largest absolute Gasteiger partial charge is 0.468 e. The average Bonchev–Trinajstić information content (AvgIpc) is 2.55. The Hall–Kier alpha value is -0.940. The van der Waals surface area contributed by atoms with Gasteiger partial charge < -0.3 is 10.2 Å². The molecule has 80 valence electrons. The first-order valence-electron chi connectivity index (χ1n) is 4.32. The lowest BCUT2D eigenvalue weighted by Crippen LogP contribution is -2.39. The summed E-state index contributed by atoms with van der Waals surface area (Å²) in [6.45, 7) is -0.623. The van der Waals surface area contributed by atoms with Crippen molar-refractivity contribution in [1.29, 1.82) is 0 Å². The van der Waals surface area contributed by atoms with E-state index in [4.69, 9.17) is 10.2 Å². The summed E-state index contributed by atoms with van der Waals surface area (Å²) in [5, 5.41) is 0. The van der Waals surface area contributed by atoms with Crippen molar-refractivity contribution >= 4 is 0 Å². The van der Waals surface area contributed by atoms with Crippen LogP contribution in [0.1, 0.15) is 5.76 Å². The summed E-state index contributed by atoms with van der Waals surface area (Å²) in [5.41, 5.74) is 4.93. The predicted octanol–water partition coefficient (Wildman–Crippen LogP) is 1.31. The van der Waals surface area contributed by atoms with E-state index in [1.165, 1.54) is 11.2 Å². The molecule has 0 saturated heterocycles. The van der Waals surface area contributed by atoms with E-state index in [1.54, 1.807) is 19.2 Å². The van der Waals surface area contributed by atoms with Crippen molar-refractivity contribution in [3.8, 4) is 0 Å². The van der Waals surface area contributed by atoms with Crippen molar-refractivity contribution < 1.29 is 13.2 Å². The molecule has 0 aliphatic rings. The summed E-state index contributed by atoms with van der Waals surface area (Å²) in [4.78, 5) is 1.48. The van der Waals surface area contributed by atoms with Crippen LogP contribution in [0.4, 0.5) is 8.78 Å². The van der Waals surface area contributed by atoms with E-state index in [0.717, 1.165) is 0 Å². The quantitative estimate of drug-likeness (QED) is 0.786. The molecule has 14 heavy (non-hydrogen) atoms. The molecule has 0 radical (unpaired) electrons. The zero-order chi connectivity index (χ0) is 10.6. The highest BCUT2D eigenvalue weighted by Gasteiger charge is 2.28. The van der Waals surface area contributed by atoms with Crippen LogP contribution in [0.5, 0.6) is 0 Å². The fraction of sp³-hybridized carbons (Fsp3) is 0.556. The lowest BCUT2D eigenvalue weighted by atomic mass is 10.3. The second kappa shape index (κ2) is 4.52. The molecule has 0 saturated carbocycles. The number of hydrogen-bond acceptors (Lipinski definition) is 3. The Labute approximate surface area is 81.5 Å². The van der Waals surface area contributed by atoms with Crippen LogP contribution < -0.4 is 5.73 Å². The highest BCUT2D eigenvalue weighted by atomic mass is 19.3. The van der Waals surface area contributed by atoms with Gasteiger partial charge in [-0.05, 0) is 19.2 Å². The fourth-order valence-electron chi connectivity index (χ4n) is 1.18. The van der Waals surface area contributed by atoms with Gasteiger partial charge in [0.15, 0.2) is 0 Å². The predicted molar refractivity (Wildman–Crippen MR) is 49.0 cm³/mol. The van der Waals surface area contributed by atoms with Crippen LogP contribution in [0, 0.1) is 0 Å². The maximum Gasteiger partial charge on any atom is 0.272 e. The van der Waals surface area contributed by atoms with Gasteiger partial charge in [0.1, 0.15) is 5.76 Å². The van der Waals surface area contributed by atoms with E-state index in [9.17, 15) is 8.78 Å². The number of halogens is 2. The number of rotatable bonds is 5. The van der Waals surface area contributed by atoms with Gasteiger partial charge in [0, 0.05) is 0 Å². The third-order valence-corrected chi connectivity index (χ3v) is 1.81. The van der Waals surface area contributed by atoms with Crippen molar-refractivity contribution in [2.45, 2.75) is 12.5 Å².